The maximum atomic E-state index is 12.2. The van der Waals surface area contributed by atoms with Crippen LogP contribution in [0.4, 0.5) is 13.2 Å². The van der Waals surface area contributed by atoms with E-state index in [9.17, 15) is 18.0 Å². The van der Waals surface area contributed by atoms with Crippen molar-refractivity contribution >= 4 is 5.91 Å². The summed E-state index contributed by atoms with van der Waals surface area (Å²) in [5.74, 6) is -0.218. The predicted octanol–water partition coefficient (Wildman–Crippen LogP) is 0.978. The van der Waals surface area contributed by atoms with E-state index in [1.54, 1.807) is 0 Å². The number of carbonyl (C=O) groups is 1. The van der Waals surface area contributed by atoms with Crippen LogP contribution in [0.3, 0.4) is 0 Å². The van der Waals surface area contributed by atoms with Gasteiger partial charge in [0.05, 0.1) is 12.2 Å². The monoisotopic (exact) mass is 248 g/mol. The van der Waals surface area contributed by atoms with Crippen LogP contribution in [0.2, 0.25) is 0 Å². The molecule has 1 aromatic heterocycles. The summed E-state index contributed by atoms with van der Waals surface area (Å²) in [7, 11) is 1.50. The van der Waals surface area contributed by atoms with Crippen molar-refractivity contribution in [3.63, 3.8) is 0 Å². The van der Waals surface area contributed by atoms with E-state index in [4.69, 9.17) is 0 Å². The SMILES string of the molecule is CC(=O)N(C)NCc1ccc(C(F)(F)F)nn1. The van der Waals surface area contributed by atoms with Gasteiger partial charge in [-0.3, -0.25) is 9.80 Å². The average Bonchev–Trinajstić information content (AvgIpc) is 2.25. The number of hydrazine groups is 1. The van der Waals surface area contributed by atoms with E-state index in [0.29, 0.717) is 5.69 Å². The molecule has 0 unspecified atom stereocenters. The highest BCUT2D eigenvalue weighted by atomic mass is 19.4. The zero-order valence-corrected chi connectivity index (χ0v) is 9.25. The van der Waals surface area contributed by atoms with Gasteiger partial charge in [0.15, 0.2) is 5.69 Å². The third kappa shape index (κ3) is 3.99. The predicted molar refractivity (Wildman–Crippen MR) is 52.3 cm³/mol. The third-order valence-corrected chi connectivity index (χ3v) is 1.98. The Hall–Kier alpha value is -1.70. The smallest absolute Gasteiger partial charge is 0.281 e. The molecule has 0 aliphatic heterocycles. The Morgan fingerprint density at radius 1 is 1.41 bits per heavy atom. The molecule has 0 fully saturated rings. The third-order valence-electron chi connectivity index (χ3n) is 1.98. The number of rotatable bonds is 3. The number of halogens is 3. The van der Waals surface area contributed by atoms with E-state index in [2.05, 4.69) is 15.6 Å². The lowest BCUT2D eigenvalue weighted by atomic mass is 10.3. The van der Waals surface area contributed by atoms with Crippen molar-refractivity contribution in [2.24, 2.45) is 0 Å². The Labute approximate surface area is 95.6 Å². The Bertz CT molecular complexity index is 390. The molecule has 0 radical (unpaired) electrons. The minimum absolute atomic E-state index is 0.126. The molecule has 0 aromatic carbocycles. The Balaban J connectivity index is 2.60. The molecule has 1 amide bonds. The van der Waals surface area contributed by atoms with E-state index in [1.165, 1.54) is 25.0 Å². The number of nitrogens with zero attached hydrogens (tertiary/aromatic N) is 3. The fourth-order valence-corrected chi connectivity index (χ4v) is 0.916. The number of nitrogens with one attached hydrogen (secondary N) is 1. The van der Waals surface area contributed by atoms with E-state index in [0.717, 1.165) is 6.07 Å². The number of aromatic nitrogens is 2. The summed E-state index contributed by atoms with van der Waals surface area (Å²) in [6.07, 6.45) is -4.49. The molecule has 0 saturated carbocycles. The highest BCUT2D eigenvalue weighted by molar-refractivity contribution is 5.72. The normalized spacial score (nSPS) is 11.4. The van der Waals surface area contributed by atoms with Gasteiger partial charge in [-0.05, 0) is 12.1 Å². The molecule has 1 rings (SSSR count). The summed E-state index contributed by atoms with van der Waals surface area (Å²) >= 11 is 0. The maximum Gasteiger partial charge on any atom is 0.435 e. The quantitative estimate of drug-likeness (QED) is 0.810. The first-order valence-corrected chi connectivity index (χ1v) is 4.68. The lowest BCUT2D eigenvalue weighted by Crippen LogP contribution is -2.37. The molecule has 5 nitrogen and oxygen atoms in total. The lowest BCUT2D eigenvalue weighted by Gasteiger charge is -2.15. The van der Waals surface area contributed by atoms with Crippen molar-refractivity contribution in [3.05, 3.63) is 23.5 Å². The van der Waals surface area contributed by atoms with Crippen molar-refractivity contribution < 1.29 is 18.0 Å². The first kappa shape index (κ1) is 13.4. The summed E-state index contributed by atoms with van der Waals surface area (Å²) in [6.45, 7) is 1.48. The van der Waals surface area contributed by atoms with E-state index in [-0.39, 0.29) is 12.5 Å². The minimum atomic E-state index is -4.49. The highest BCUT2D eigenvalue weighted by Gasteiger charge is 2.32. The Morgan fingerprint density at radius 3 is 2.47 bits per heavy atom. The topological polar surface area (TPSA) is 58.1 Å². The van der Waals surface area contributed by atoms with Crippen molar-refractivity contribution in [3.8, 4) is 0 Å². The van der Waals surface area contributed by atoms with Gasteiger partial charge >= 0.3 is 6.18 Å². The van der Waals surface area contributed by atoms with Crippen molar-refractivity contribution in [1.29, 1.82) is 0 Å². The number of amides is 1. The molecule has 0 aliphatic rings. The fraction of sp³-hybridized carbons (Fsp3) is 0.444. The van der Waals surface area contributed by atoms with Crippen LogP contribution in [0, 0.1) is 0 Å². The second-order valence-electron chi connectivity index (χ2n) is 3.32. The molecule has 1 N–H and O–H groups in total. The van der Waals surface area contributed by atoms with Gasteiger partial charge in [-0.2, -0.15) is 18.3 Å². The number of carbonyl (C=O) groups excluding carboxylic acids is 1. The molecule has 94 valence electrons. The van der Waals surface area contributed by atoms with E-state index >= 15 is 0 Å². The molecule has 0 aliphatic carbocycles. The number of alkyl halides is 3. The van der Waals surface area contributed by atoms with Gasteiger partial charge in [-0.15, -0.1) is 5.10 Å². The summed E-state index contributed by atoms with van der Waals surface area (Å²) in [4.78, 5) is 10.8. The average molecular weight is 248 g/mol. The largest absolute Gasteiger partial charge is 0.435 e. The summed E-state index contributed by atoms with van der Waals surface area (Å²) in [5.41, 5.74) is 1.93. The van der Waals surface area contributed by atoms with Crippen LogP contribution in [0.15, 0.2) is 12.1 Å². The molecular weight excluding hydrogens is 237 g/mol. The number of hydrogen-bond acceptors (Lipinski definition) is 4. The maximum absolute atomic E-state index is 12.2. The van der Waals surface area contributed by atoms with Gasteiger partial charge in [0.2, 0.25) is 5.91 Å². The van der Waals surface area contributed by atoms with Crippen molar-refractivity contribution in [2.45, 2.75) is 19.6 Å². The molecule has 8 heteroatoms. The molecule has 1 aromatic rings. The van der Waals surface area contributed by atoms with Crippen LogP contribution < -0.4 is 5.43 Å². The highest BCUT2D eigenvalue weighted by Crippen LogP contribution is 2.26. The molecular formula is C9H11F3N4O. The van der Waals surface area contributed by atoms with Crippen LogP contribution in [0.1, 0.15) is 18.3 Å². The first-order valence-electron chi connectivity index (χ1n) is 4.68. The second-order valence-corrected chi connectivity index (χ2v) is 3.32. The van der Waals surface area contributed by atoms with Gasteiger partial charge in [-0.25, -0.2) is 5.43 Å². The molecule has 0 atom stereocenters. The zero-order valence-electron chi connectivity index (χ0n) is 9.25. The van der Waals surface area contributed by atoms with Crippen molar-refractivity contribution in [2.75, 3.05) is 7.05 Å². The van der Waals surface area contributed by atoms with Crippen molar-refractivity contribution in [1.82, 2.24) is 20.6 Å². The molecule has 0 bridgehead atoms. The molecule has 0 spiro atoms. The van der Waals surface area contributed by atoms with Gasteiger partial charge in [0.25, 0.3) is 0 Å². The second kappa shape index (κ2) is 5.09. The van der Waals surface area contributed by atoms with Crippen LogP contribution >= 0.6 is 0 Å². The fourth-order valence-electron chi connectivity index (χ4n) is 0.916. The van der Waals surface area contributed by atoms with Crippen LogP contribution in [-0.2, 0) is 17.5 Å². The number of hydrogen-bond donors (Lipinski definition) is 1. The van der Waals surface area contributed by atoms with Crippen LogP contribution in [-0.4, -0.2) is 28.2 Å². The zero-order chi connectivity index (χ0) is 13.1. The van der Waals surface area contributed by atoms with Gasteiger partial charge in [-0.1, -0.05) is 0 Å². The standard InChI is InChI=1S/C9H11F3N4O/c1-6(17)16(2)13-5-7-3-4-8(15-14-7)9(10,11)12/h3-4,13H,5H2,1-2H3. The van der Waals surface area contributed by atoms with E-state index in [1.807, 2.05) is 0 Å². The first-order chi connectivity index (χ1) is 7.80. The van der Waals surface area contributed by atoms with Gasteiger partial charge < -0.3 is 0 Å². The summed E-state index contributed by atoms with van der Waals surface area (Å²) in [6, 6.07) is 2.05. The van der Waals surface area contributed by atoms with E-state index < -0.39 is 11.9 Å². The minimum Gasteiger partial charge on any atom is -0.281 e. The Morgan fingerprint density at radius 2 is 2.06 bits per heavy atom. The molecule has 0 saturated heterocycles. The van der Waals surface area contributed by atoms with Gasteiger partial charge in [0, 0.05) is 14.0 Å². The summed E-state index contributed by atoms with van der Waals surface area (Å²) in [5, 5.41) is 7.67. The lowest BCUT2D eigenvalue weighted by molar-refractivity contribution is -0.141. The Kier molecular flexibility index (Phi) is 4.00. The molecule has 17 heavy (non-hydrogen) atoms. The van der Waals surface area contributed by atoms with Gasteiger partial charge in [0.1, 0.15) is 0 Å². The van der Waals surface area contributed by atoms with Crippen LogP contribution in [0.25, 0.3) is 0 Å². The summed E-state index contributed by atoms with van der Waals surface area (Å²) < 4.78 is 36.5. The van der Waals surface area contributed by atoms with Crippen LogP contribution in [0.5, 0.6) is 0 Å². The molecule has 1 heterocycles.